The van der Waals surface area contributed by atoms with Gasteiger partial charge in [-0.1, -0.05) is 6.07 Å². The summed E-state index contributed by atoms with van der Waals surface area (Å²) in [4.78, 5) is 8.51. The number of allylic oxidation sites excluding steroid dienone is 1. The summed E-state index contributed by atoms with van der Waals surface area (Å²) in [5, 5.41) is 0. The van der Waals surface area contributed by atoms with Crippen LogP contribution >= 0.6 is 0 Å². The summed E-state index contributed by atoms with van der Waals surface area (Å²) >= 11 is 0. The fraction of sp³-hybridized carbons (Fsp3) is 0.222. The first-order valence-corrected chi connectivity index (χ1v) is 7.55. The van der Waals surface area contributed by atoms with Crippen LogP contribution in [-0.2, 0) is 0 Å². The van der Waals surface area contributed by atoms with Gasteiger partial charge in [-0.05, 0) is 48.3 Å². The normalized spacial score (nSPS) is 18.1. The van der Waals surface area contributed by atoms with Gasteiger partial charge in [-0.2, -0.15) is 0 Å². The maximum Gasteiger partial charge on any atom is 0.231 e. The van der Waals surface area contributed by atoms with E-state index in [0.29, 0.717) is 0 Å². The van der Waals surface area contributed by atoms with Crippen molar-refractivity contribution in [2.75, 3.05) is 13.3 Å². The molecule has 4 rings (SSSR count). The van der Waals surface area contributed by atoms with E-state index in [1.54, 1.807) is 6.20 Å². The molecule has 23 heavy (non-hydrogen) atoms. The number of pyridine rings is 1. The first kappa shape index (κ1) is 13.9. The van der Waals surface area contributed by atoms with Crippen molar-refractivity contribution >= 4 is 11.8 Å². The Labute approximate surface area is 133 Å². The highest BCUT2D eigenvalue weighted by Gasteiger charge is 2.17. The number of aliphatic imine (C=N–C) groups is 1. The maximum absolute atomic E-state index is 13.5. The molecule has 0 aliphatic carbocycles. The minimum atomic E-state index is -0.349. The molecule has 0 amide bonds. The van der Waals surface area contributed by atoms with Crippen LogP contribution in [0.15, 0.2) is 47.2 Å². The molecule has 0 spiro atoms. The van der Waals surface area contributed by atoms with Gasteiger partial charge in [0.05, 0.1) is 11.9 Å². The lowest BCUT2D eigenvalue weighted by Crippen LogP contribution is -2.12. The molecule has 2 aliphatic heterocycles. The lowest BCUT2D eigenvalue weighted by atomic mass is 9.95. The SMILES string of the molecule is Fc1cncc(C2=NCCC/C2=C\c2ccc3c(c2)OCO3)c1. The molecule has 1 aromatic heterocycles. The smallest absolute Gasteiger partial charge is 0.231 e. The fourth-order valence-corrected chi connectivity index (χ4v) is 2.84. The highest BCUT2D eigenvalue weighted by Crippen LogP contribution is 2.33. The van der Waals surface area contributed by atoms with Crippen molar-refractivity contribution in [3.05, 3.63) is 59.2 Å². The van der Waals surface area contributed by atoms with E-state index in [4.69, 9.17) is 9.47 Å². The van der Waals surface area contributed by atoms with Crippen molar-refractivity contribution in [3.8, 4) is 11.5 Å². The van der Waals surface area contributed by atoms with Crippen molar-refractivity contribution in [1.82, 2.24) is 4.98 Å². The molecule has 0 unspecified atom stereocenters. The number of hydrogen-bond acceptors (Lipinski definition) is 4. The average molecular weight is 310 g/mol. The molecular weight excluding hydrogens is 295 g/mol. The summed E-state index contributed by atoms with van der Waals surface area (Å²) in [7, 11) is 0. The molecule has 2 aromatic rings. The fourth-order valence-electron chi connectivity index (χ4n) is 2.84. The summed E-state index contributed by atoms with van der Waals surface area (Å²) in [6.07, 6.45) is 6.83. The van der Waals surface area contributed by atoms with Gasteiger partial charge in [-0.3, -0.25) is 9.98 Å². The number of nitrogens with zero attached hydrogens (tertiary/aromatic N) is 2. The zero-order valence-electron chi connectivity index (χ0n) is 12.5. The third kappa shape index (κ3) is 2.82. The molecule has 1 aromatic carbocycles. The summed E-state index contributed by atoms with van der Waals surface area (Å²) in [5.41, 5.74) is 3.64. The van der Waals surface area contributed by atoms with E-state index >= 15 is 0 Å². The van der Waals surface area contributed by atoms with Crippen LogP contribution in [0.1, 0.15) is 24.0 Å². The van der Waals surface area contributed by atoms with Crippen molar-refractivity contribution in [2.45, 2.75) is 12.8 Å². The minimum absolute atomic E-state index is 0.261. The molecule has 4 nitrogen and oxygen atoms in total. The van der Waals surface area contributed by atoms with Gasteiger partial charge in [0.25, 0.3) is 0 Å². The van der Waals surface area contributed by atoms with E-state index in [9.17, 15) is 4.39 Å². The van der Waals surface area contributed by atoms with Gasteiger partial charge in [0.2, 0.25) is 6.79 Å². The van der Waals surface area contributed by atoms with E-state index in [0.717, 1.165) is 53.3 Å². The standard InChI is InChI=1S/C18H15FN2O2/c19-15-8-14(9-20-10-15)18-13(2-1-5-21-18)6-12-3-4-16-17(7-12)23-11-22-16/h3-4,6-10H,1-2,5,11H2/b13-6+. The van der Waals surface area contributed by atoms with Gasteiger partial charge >= 0.3 is 0 Å². The maximum atomic E-state index is 13.5. The summed E-state index contributed by atoms with van der Waals surface area (Å²) in [5.74, 6) is 1.17. The van der Waals surface area contributed by atoms with Gasteiger partial charge in [-0.15, -0.1) is 0 Å². The molecule has 0 bridgehead atoms. The number of fused-ring (bicyclic) bond motifs is 1. The van der Waals surface area contributed by atoms with Crippen LogP contribution in [-0.4, -0.2) is 24.0 Å². The minimum Gasteiger partial charge on any atom is -0.454 e. The third-order valence-corrected chi connectivity index (χ3v) is 3.89. The van der Waals surface area contributed by atoms with Gasteiger partial charge in [0.1, 0.15) is 5.82 Å². The predicted octanol–water partition coefficient (Wildman–Crippen LogP) is 3.62. The highest BCUT2D eigenvalue weighted by atomic mass is 19.1. The molecule has 5 heteroatoms. The molecule has 0 saturated heterocycles. The zero-order chi connectivity index (χ0) is 15.6. The van der Waals surface area contributed by atoms with Gasteiger partial charge in [0, 0.05) is 18.3 Å². The average Bonchev–Trinajstić information content (AvgIpc) is 3.03. The van der Waals surface area contributed by atoms with Crippen LogP contribution < -0.4 is 9.47 Å². The number of hydrogen-bond donors (Lipinski definition) is 0. The monoisotopic (exact) mass is 310 g/mol. The molecule has 2 aliphatic rings. The van der Waals surface area contributed by atoms with Crippen LogP contribution in [0.3, 0.4) is 0 Å². The van der Waals surface area contributed by atoms with Crippen LogP contribution in [0.4, 0.5) is 4.39 Å². The third-order valence-electron chi connectivity index (χ3n) is 3.89. The van der Waals surface area contributed by atoms with E-state index < -0.39 is 0 Å². The quantitative estimate of drug-likeness (QED) is 0.851. The topological polar surface area (TPSA) is 43.7 Å². The Morgan fingerprint density at radius 1 is 1.09 bits per heavy atom. The lowest BCUT2D eigenvalue weighted by molar-refractivity contribution is 0.174. The molecule has 0 fully saturated rings. The first-order chi connectivity index (χ1) is 11.3. The van der Waals surface area contributed by atoms with Crippen molar-refractivity contribution < 1.29 is 13.9 Å². The van der Waals surface area contributed by atoms with Crippen LogP contribution in [0.5, 0.6) is 11.5 Å². The Morgan fingerprint density at radius 3 is 2.91 bits per heavy atom. The summed E-state index contributed by atoms with van der Waals surface area (Å²) in [6, 6.07) is 7.31. The number of rotatable bonds is 2. The van der Waals surface area contributed by atoms with Crippen LogP contribution in [0, 0.1) is 5.82 Å². The Bertz CT molecular complexity index is 814. The van der Waals surface area contributed by atoms with Crippen molar-refractivity contribution in [2.24, 2.45) is 4.99 Å². The molecule has 0 saturated carbocycles. The predicted molar refractivity (Wildman–Crippen MR) is 85.4 cm³/mol. The number of ether oxygens (including phenoxy) is 2. The molecular formula is C18H15FN2O2. The molecule has 116 valence electrons. The number of aromatic nitrogens is 1. The summed E-state index contributed by atoms with van der Waals surface area (Å²) in [6.45, 7) is 1.02. The first-order valence-electron chi connectivity index (χ1n) is 7.55. The van der Waals surface area contributed by atoms with E-state index in [2.05, 4.69) is 16.1 Å². The lowest BCUT2D eigenvalue weighted by Gasteiger charge is -2.16. The van der Waals surface area contributed by atoms with Crippen molar-refractivity contribution in [3.63, 3.8) is 0 Å². The Hall–Kier alpha value is -2.69. The Kier molecular flexibility index (Phi) is 3.54. The molecule has 3 heterocycles. The molecule has 0 radical (unpaired) electrons. The van der Waals surface area contributed by atoms with E-state index in [1.165, 1.54) is 12.3 Å². The highest BCUT2D eigenvalue weighted by molar-refractivity contribution is 6.15. The molecule has 0 atom stereocenters. The number of benzene rings is 1. The second-order valence-electron chi connectivity index (χ2n) is 5.51. The second-order valence-corrected chi connectivity index (χ2v) is 5.51. The second kappa shape index (κ2) is 5.83. The van der Waals surface area contributed by atoms with Crippen molar-refractivity contribution in [1.29, 1.82) is 0 Å². The van der Waals surface area contributed by atoms with Gasteiger partial charge in [-0.25, -0.2) is 4.39 Å². The van der Waals surface area contributed by atoms with Gasteiger partial charge in [0.15, 0.2) is 11.5 Å². The van der Waals surface area contributed by atoms with Gasteiger partial charge < -0.3 is 9.47 Å². The Balaban J connectivity index is 1.71. The van der Waals surface area contributed by atoms with Crippen LogP contribution in [0.2, 0.25) is 0 Å². The van der Waals surface area contributed by atoms with E-state index in [1.807, 2.05) is 18.2 Å². The van der Waals surface area contributed by atoms with Crippen LogP contribution in [0.25, 0.3) is 6.08 Å². The molecule has 0 N–H and O–H groups in total. The summed E-state index contributed by atoms with van der Waals surface area (Å²) < 4.78 is 24.2. The van der Waals surface area contributed by atoms with E-state index in [-0.39, 0.29) is 12.6 Å². The largest absolute Gasteiger partial charge is 0.454 e. The number of halogens is 1. The zero-order valence-corrected chi connectivity index (χ0v) is 12.5. The Morgan fingerprint density at radius 2 is 2.00 bits per heavy atom.